The number of esters is 1. The highest BCUT2D eigenvalue weighted by Gasteiger charge is 2.20. The van der Waals surface area contributed by atoms with E-state index in [9.17, 15) is 13.6 Å². The van der Waals surface area contributed by atoms with Gasteiger partial charge in [-0.1, -0.05) is 11.6 Å². The third-order valence-electron chi connectivity index (χ3n) is 1.92. The van der Waals surface area contributed by atoms with Crippen LogP contribution in [0.4, 0.5) is 14.5 Å². The quantitative estimate of drug-likeness (QED) is 0.607. The minimum absolute atomic E-state index is 0.213. The first-order chi connectivity index (χ1) is 7.54. The molecule has 0 N–H and O–H groups in total. The summed E-state index contributed by atoms with van der Waals surface area (Å²) in [5.41, 5.74) is 0.213. The second kappa shape index (κ2) is 5.65. The Hall–Kier alpha value is -1.36. The van der Waals surface area contributed by atoms with Gasteiger partial charge < -0.3 is 9.64 Å². The van der Waals surface area contributed by atoms with E-state index in [-0.39, 0.29) is 5.69 Å². The van der Waals surface area contributed by atoms with Gasteiger partial charge in [0.2, 0.25) is 0 Å². The molecule has 0 saturated heterocycles. The maximum absolute atomic E-state index is 12.7. The van der Waals surface area contributed by atoms with E-state index >= 15 is 0 Å². The van der Waals surface area contributed by atoms with Gasteiger partial charge in [-0.2, -0.15) is 8.78 Å². The highest BCUT2D eigenvalue weighted by atomic mass is 35.5. The highest BCUT2D eigenvalue weighted by Crippen LogP contribution is 2.21. The molecule has 1 aromatic rings. The molecule has 0 spiro atoms. The van der Waals surface area contributed by atoms with E-state index in [1.807, 2.05) is 0 Å². The standard InChI is InChI=1S/C10H10ClF2NO2/c1-16-9(15)6-14(10(12)13)8-4-2-7(11)3-5-8/h2-5,10H,6H2,1H3. The topological polar surface area (TPSA) is 29.5 Å². The fraction of sp³-hybridized carbons (Fsp3) is 0.300. The molecule has 6 heteroatoms. The number of nitrogens with zero attached hydrogens (tertiary/aromatic N) is 1. The van der Waals surface area contributed by atoms with Crippen LogP contribution >= 0.6 is 11.6 Å². The van der Waals surface area contributed by atoms with Gasteiger partial charge in [0.25, 0.3) is 0 Å². The van der Waals surface area contributed by atoms with Crippen LogP contribution in [0.3, 0.4) is 0 Å². The van der Waals surface area contributed by atoms with Crippen molar-refractivity contribution >= 4 is 23.3 Å². The normalized spacial score (nSPS) is 10.3. The lowest BCUT2D eigenvalue weighted by Gasteiger charge is -2.22. The summed E-state index contributed by atoms with van der Waals surface area (Å²) in [6.07, 6.45) is 0. The Morgan fingerprint density at radius 2 is 2.00 bits per heavy atom. The lowest BCUT2D eigenvalue weighted by Crippen LogP contribution is -2.34. The molecule has 0 radical (unpaired) electrons. The van der Waals surface area contributed by atoms with Crippen LogP contribution in [0.2, 0.25) is 5.02 Å². The van der Waals surface area contributed by atoms with E-state index < -0.39 is 19.1 Å². The van der Waals surface area contributed by atoms with E-state index in [4.69, 9.17) is 11.6 Å². The second-order valence-electron chi connectivity index (χ2n) is 2.96. The Morgan fingerprint density at radius 1 is 1.44 bits per heavy atom. The van der Waals surface area contributed by atoms with Crippen molar-refractivity contribution in [2.24, 2.45) is 0 Å². The number of hydrogen-bond acceptors (Lipinski definition) is 3. The number of carbonyl (C=O) groups is 1. The second-order valence-corrected chi connectivity index (χ2v) is 3.39. The summed E-state index contributed by atoms with van der Waals surface area (Å²) < 4.78 is 29.7. The summed E-state index contributed by atoms with van der Waals surface area (Å²) >= 11 is 5.63. The smallest absolute Gasteiger partial charge is 0.325 e. The Balaban J connectivity index is 2.85. The molecule has 16 heavy (non-hydrogen) atoms. The first kappa shape index (κ1) is 12.7. The Labute approximate surface area is 96.6 Å². The molecule has 0 amide bonds. The minimum atomic E-state index is -2.78. The summed E-state index contributed by atoms with van der Waals surface area (Å²) in [5, 5.41) is 0.441. The summed E-state index contributed by atoms with van der Waals surface area (Å²) in [5.74, 6) is -0.727. The van der Waals surface area contributed by atoms with Gasteiger partial charge in [0, 0.05) is 10.7 Å². The number of ether oxygens (including phenoxy) is 1. The molecule has 0 fully saturated rings. The van der Waals surface area contributed by atoms with Crippen molar-refractivity contribution in [3.8, 4) is 0 Å². The van der Waals surface area contributed by atoms with Crippen molar-refractivity contribution in [3.63, 3.8) is 0 Å². The van der Waals surface area contributed by atoms with Gasteiger partial charge in [-0.15, -0.1) is 0 Å². The van der Waals surface area contributed by atoms with Crippen LogP contribution in [0, 0.1) is 0 Å². The minimum Gasteiger partial charge on any atom is -0.468 e. The van der Waals surface area contributed by atoms with Gasteiger partial charge in [-0.25, -0.2) is 0 Å². The van der Waals surface area contributed by atoms with Gasteiger partial charge in [0.05, 0.1) is 7.11 Å². The van der Waals surface area contributed by atoms with Crippen LogP contribution in [0.15, 0.2) is 24.3 Å². The Kier molecular flexibility index (Phi) is 4.49. The molecule has 0 aliphatic carbocycles. The van der Waals surface area contributed by atoms with Crippen molar-refractivity contribution < 1.29 is 18.3 Å². The number of carbonyl (C=O) groups excluding carboxylic acids is 1. The number of halogens is 3. The van der Waals surface area contributed by atoms with Gasteiger partial charge in [-0.3, -0.25) is 4.79 Å². The summed E-state index contributed by atoms with van der Waals surface area (Å²) in [6.45, 7) is -3.28. The predicted molar refractivity (Wildman–Crippen MR) is 56.8 cm³/mol. The molecule has 0 saturated carbocycles. The van der Waals surface area contributed by atoms with Crippen molar-refractivity contribution in [2.75, 3.05) is 18.6 Å². The largest absolute Gasteiger partial charge is 0.468 e. The van der Waals surface area contributed by atoms with Crippen molar-refractivity contribution in [1.29, 1.82) is 0 Å². The first-order valence-corrected chi connectivity index (χ1v) is 4.79. The molecule has 0 bridgehead atoms. The monoisotopic (exact) mass is 249 g/mol. The van der Waals surface area contributed by atoms with Crippen LogP contribution in [0.5, 0.6) is 0 Å². The molecular formula is C10H10ClF2NO2. The molecule has 0 aliphatic heterocycles. The van der Waals surface area contributed by atoms with Crippen molar-refractivity contribution in [1.82, 2.24) is 0 Å². The van der Waals surface area contributed by atoms with Gasteiger partial charge in [-0.05, 0) is 24.3 Å². The molecule has 1 rings (SSSR count). The molecule has 0 atom stereocenters. The van der Waals surface area contributed by atoms with E-state index in [0.29, 0.717) is 9.92 Å². The van der Waals surface area contributed by atoms with E-state index in [1.165, 1.54) is 24.3 Å². The highest BCUT2D eigenvalue weighted by molar-refractivity contribution is 6.30. The zero-order valence-electron chi connectivity index (χ0n) is 8.49. The SMILES string of the molecule is COC(=O)CN(c1ccc(Cl)cc1)C(F)F. The zero-order chi connectivity index (χ0) is 12.1. The first-order valence-electron chi connectivity index (χ1n) is 4.41. The van der Waals surface area contributed by atoms with E-state index in [1.54, 1.807) is 0 Å². The lowest BCUT2D eigenvalue weighted by atomic mass is 10.3. The number of anilines is 1. The fourth-order valence-electron chi connectivity index (χ4n) is 1.11. The third kappa shape index (κ3) is 3.34. The fourth-order valence-corrected chi connectivity index (χ4v) is 1.24. The molecule has 0 unspecified atom stereocenters. The number of methoxy groups -OCH3 is 1. The van der Waals surface area contributed by atoms with Crippen LogP contribution in [0.1, 0.15) is 0 Å². The average molecular weight is 250 g/mol. The van der Waals surface area contributed by atoms with Gasteiger partial charge >= 0.3 is 12.5 Å². The van der Waals surface area contributed by atoms with Gasteiger partial charge in [0.15, 0.2) is 0 Å². The molecule has 0 aromatic heterocycles. The Morgan fingerprint density at radius 3 is 2.44 bits per heavy atom. The van der Waals surface area contributed by atoms with Crippen molar-refractivity contribution in [2.45, 2.75) is 6.55 Å². The molecule has 1 aromatic carbocycles. The maximum Gasteiger partial charge on any atom is 0.325 e. The molecular weight excluding hydrogens is 240 g/mol. The van der Waals surface area contributed by atoms with Crippen LogP contribution in [-0.4, -0.2) is 26.2 Å². The number of rotatable bonds is 4. The van der Waals surface area contributed by atoms with Crippen LogP contribution in [-0.2, 0) is 9.53 Å². The maximum atomic E-state index is 12.7. The van der Waals surface area contributed by atoms with E-state index in [0.717, 1.165) is 7.11 Å². The number of hydrogen-bond donors (Lipinski definition) is 0. The zero-order valence-corrected chi connectivity index (χ0v) is 9.25. The Bertz CT molecular complexity index is 356. The average Bonchev–Trinajstić information content (AvgIpc) is 2.26. The summed E-state index contributed by atoms with van der Waals surface area (Å²) in [4.78, 5) is 11.6. The lowest BCUT2D eigenvalue weighted by molar-refractivity contribution is -0.139. The van der Waals surface area contributed by atoms with E-state index in [2.05, 4.69) is 4.74 Å². The molecule has 0 aliphatic rings. The molecule has 0 heterocycles. The van der Waals surface area contributed by atoms with Gasteiger partial charge in [0.1, 0.15) is 6.54 Å². The van der Waals surface area contributed by atoms with Crippen LogP contribution in [0.25, 0.3) is 0 Å². The predicted octanol–water partition coefficient (Wildman–Crippen LogP) is 2.54. The third-order valence-corrected chi connectivity index (χ3v) is 2.17. The molecule has 88 valence electrons. The number of alkyl halides is 2. The van der Waals surface area contributed by atoms with Crippen molar-refractivity contribution in [3.05, 3.63) is 29.3 Å². The molecule has 3 nitrogen and oxygen atoms in total. The van der Waals surface area contributed by atoms with Crippen LogP contribution < -0.4 is 4.90 Å². The summed E-state index contributed by atoms with van der Waals surface area (Å²) in [6, 6.07) is 5.78. The number of benzene rings is 1. The summed E-state index contributed by atoms with van der Waals surface area (Å²) in [7, 11) is 1.15.